The van der Waals surface area contributed by atoms with E-state index >= 15 is 0 Å². The van der Waals surface area contributed by atoms with E-state index in [-0.39, 0.29) is 5.02 Å². The van der Waals surface area contributed by atoms with Gasteiger partial charge in [-0.15, -0.1) is 0 Å². The minimum atomic E-state index is -0.486. The summed E-state index contributed by atoms with van der Waals surface area (Å²) in [7, 11) is 0. The van der Waals surface area contributed by atoms with E-state index in [0.717, 1.165) is 6.07 Å². The summed E-state index contributed by atoms with van der Waals surface area (Å²) in [5, 5.41) is 11.4. The largest absolute Gasteiger partial charge is 0.323 e. The minimum Gasteiger partial charge on any atom is -0.306 e. The van der Waals surface area contributed by atoms with Crippen molar-refractivity contribution in [3.05, 3.63) is 41.4 Å². The lowest BCUT2D eigenvalue weighted by Crippen LogP contribution is -2.19. The number of amides is 2. The van der Waals surface area contributed by atoms with Gasteiger partial charge in [-0.1, -0.05) is 11.6 Å². The van der Waals surface area contributed by atoms with Crippen LogP contribution in [-0.2, 0) is 0 Å². The van der Waals surface area contributed by atoms with Crippen LogP contribution in [0.3, 0.4) is 0 Å². The molecule has 0 aliphatic rings. The Morgan fingerprint density at radius 2 is 2.24 bits per heavy atom. The molecule has 0 atom stereocenters. The first-order valence-electron chi connectivity index (χ1n) is 4.67. The molecule has 0 aliphatic carbocycles. The van der Waals surface area contributed by atoms with Crippen LogP contribution < -0.4 is 10.6 Å². The van der Waals surface area contributed by atoms with Crippen molar-refractivity contribution >= 4 is 29.0 Å². The van der Waals surface area contributed by atoms with E-state index in [4.69, 9.17) is 11.6 Å². The molecule has 7 heteroatoms. The number of carbonyl (C=O) groups is 1. The first-order chi connectivity index (χ1) is 8.15. The van der Waals surface area contributed by atoms with Gasteiger partial charge >= 0.3 is 6.03 Å². The number of H-pyrrole nitrogens is 1. The molecule has 2 amide bonds. The molecule has 0 bridgehead atoms. The highest BCUT2D eigenvalue weighted by atomic mass is 35.5. The number of halogens is 2. The van der Waals surface area contributed by atoms with Gasteiger partial charge in [0.15, 0.2) is 0 Å². The molecule has 0 aliphatic heterocycles. The van der Waals surface area contributed by atoms with Crippen molar-refractivity contribution in [1.29, 1.82) is 0 Å². The van der Waals surface area contributed by atoms with Gasteiger partial charge in [-0.3, -0.25) is 5.10 Å². The van der Waals surface area contributed by atoms with Crippen molar-refractivity contribution in [3.63, 3.8) is 0 Å². The number of rotatable bonds is 2. The van der Waals surface area contributed by atoms with E-state index < -0.39 is 11.8 Å². The van der Waals surface area contributed by atoms with Crippen LogP contribution in [-0.4, -0.2) is 16.2 Å². The third-order valence-corrected chi connectivity index (χ3v) is 2.25. The second-order valence-corrected chi connectivity index (χ2v) is 3.60. The molecule has 0 saturated heterocycles. The zero-order valence-corrected chi connectivity index (χ0v) is 9.25. The number of urea groups is 1. The van der Waals surface area contributed by atoms with Gasteiger partial charge in [0, 0.05) is 6.20 Å². The van der Waals surface area contributed by atoms with Crippen molar-refractivity contribution in [2.24, 2.45) is 0 Å². The predicted molar refractivity (Wildman–Crippen MR) is 62.6 cm³/mol. The molecule has 2 aromatic rings. The Morgan fingerprint density at radius 3 is 2.88 bits per heavy atom. The number of aromatic nitrogens is 2. The quantitative estimate of drug-likeness (QED) is 0.771. The van der Waals surface area contributed by atoms with Crippen LogP contribution in [0.4, 0.5) is 20.6 Å². The van der Waals surface area contributed by atoms with Crippen LogP contribution in [0.1, 0.15) is 0 Å². The molecule has 1 heterocycles. The summed E-state index contributed by atoms with van der Waals surface area (Å²) < 4.78 is 12.8. The van der Waals surface area contributed by atoms with E-state index in [0.29, 0.717) is 11.4 Å². The summed E-state index contributed by atoms with van der Waals surface area (Å²) in [5.41, 5.74) is 0.842. The smallest absolute Gasteiger partial charge is 0.306 e. The summed E-state index contributed by atoms with van der Waals surface area (Å²) in [5.74, 6) is -0.462. The van der Waals surface area contributed by atoms with Gasteiger partial charge in [0.25, 0.3) is 0 Å². The third-order valence-electron chi connectivity index (χ3n) is 1.94. The zero-order valence-electron chi connectivity index (χ0n) is 8.50. The van der Waals surface area contributed by atoms with E-state index in [1.54, 1.807) is 0 Å². The van der Waals surface area contributed by atoms with Crippen molar-refractivity contribution in [3.8, 4) is 0 Å². The molecule has 2 rings (SSSR count). The number of nitrogens with zero attached hydrogens (tertiary/aromatic N) is 1. The van der Waals surface area contributed by atoms with Crippen LogP contribution in [0.25, 0.3) is 0 Å². The molecule has 17 heavy (non-hydrogen) atoms. The molecule has 0 radical (unpaired) electrons. The van der Waals surface area contributed by atoms with Crippen LogP contribution in [0.15, 0.2) is 30.6 Å². The van der Waals surface area contributed by atoms with Gasteiger partial charge in [-0.05, 0) is 18.2 Å². The van der Waals surface area contributed by atoms with E-state index in [1.165, 1.54) is 24.5 Å². The molecule has 1 aromatic carbocycles. The molecule has 88 valence electrons. The van der Waals surface area contributed by atoms with E-state index in [9.17, 15) is 9.18 Å². The maximum Gasteiger partial charge on any atom is 0.323 e. The Labute approximate surface area is 101 Å². The van der Waals surface area contributed by atoms with Gasteiger partial charge in [0.1, 0.15) is 5.82 Å². The van der Waals surface area contributed by atoms with Crippen LogP contribution in [0.5, 0.6) is 0 Å². The molecule has 0 fully saturated rings. The van der Waals surface area contributed by atoms with Crippen molar-refractivity contribution in [2.75, 3.05) is 10.6 Å². The Bertz CT molecular complexity index is 529. The number of anilines is 2. The highest BCUT2D eigenvalue weighted by Gasteiger charge is 2.07. The second kappa shape index (κ2) is 4.84. The average molecular weight is 255 g/mol. The first kappa shape index (κ1) is 11.4. The number of hydrogen-bond acceptors (Lipinski definition) is 2. The maximum absolute atomic E-state index is 12.8. The normalized spacial score (nSPS) is 10.0. The SMILES string of the molecule is O=C(Nc1cn[nH]c1)Nc1ccc(F)cc1Cl. The van der Waals surface area contributed by atoms with Gasteiger partial charge in [0.05, 0.1) is 22.6 Å². The lowest BCUT2D eigenvalue weighted by Gasteiger charge is -2.07. The van der Waals surface area contributed by atoms with Crippen molar-refractivity contribution in [1.82, 2.24) is 10.2 Å². The predicted octanol–water partition coefficient (Wildman–Crippen LogP) is 2.85. The fourth-order valence-electron chi connectivity index (χ4n) is 1.19. The van der Waals surface area contributed by atoms with Gasteiger partial charge < -0.3 is 10.6 Å². The summed E-state index contributed by atoms with van der Waals surface area (Å²) in [6.07, 6.45) is 2.97. The molecule has 0 unspecified atom stereocenters. The summed E-state index contributed by atoms with van der Waals surface area (Å²) in [6.45, 7) is 0. The molecular formula is C10H8ClFN4O. The highest BCUT2D eigenvalue weighted by Crippen LogP contribution is 2.22. The summed E-state index contributed by atoms with van der Waals surface area (Å²) >= 11 is 5.75. The maximum atomic E-state index is 12.8. The number of nitrogens with one attached hydrogen (secondary N) is 3. The second-order valence-electron chi connectivity index (χ2n) is 3.19. The third kappa shape index (κ3) is 2.94. The summed E-state index contributed by atoms with van der Waals surface area (Å²) in [6, 6.07) is 3.22. The Kier molecular flexibility index (Phi) is 3.24. The Morgan fingerprint density at radius 1 is 1.41 bits per heavy atom. The Hall–Kier alpha value is -2.08. The lowest BCUT2D eigenvalue weighted by atomic mass is 10.3. The standard InChI is InChI=1S/C10H8ClFN4O/c11-8-3-6(12)1-2-9(8)16-10(17)15-7-4-13-14-5-7/h1-5H,(H,13,14)(H2,15,16,17). The highest BCUT2D eigenvalue weighted by molar-refractivity contribution is 6.33. The lowest BCUT2D eigenvalue weighted by molar-refractivity contribution is 0.262. The fourth-order valence-corrected chi connectivity index (χ4v) is 1.41. The first-order valence-corrected chi connectivity index (χ1v) is 5.05. The van der Waals surface area contributed by atoms with Gasteiger partial charge in [-0.25, -0.2) is 9.18 Å². The molecular weight excluding hydrogens is 247 g/mol. The van der Waals surface area contributed by atoms with E-state index in [1.807, 2.05) is 0 Å². The monoisotopic (exact) mass is 254 g/mol. The van der Waals surface area contributed by atoms with Gasteiger partial charge in [-0.2, -0.15) is 5.10 Å². The van der Waals surface area contributed by atoms with Gasteiger partial charge in [0.2, 0.25) is 0 Å². The van der Waals surface area contributed by atoms with Crippen molar-refractivity contribution in [2.45, 2.75) is 0 Å². The van der Waals surface area contributed by atoms with Crippen LogP contribution in [0, 0.1) is 5.82 Å². The molecule has 0 spiro atoms. The molecule has 0 saturated carbocycles. The van der Waals surface area contributed by atoms with Crippen LogP contribution in [0.2, 0.25) is 5.02 Å². The topological polar surface area (TPSA) is 69.8 Å². The fraction of sp³-hybridized carbons (Fsp3) is 0. The number of benzene rings is 1. The van der Waals surface area contributed by atoms with Crippen LogP contribution >= 0.6 is 11.6 Å². The average Bonchev–Trinajstić information content (AvgIpc) is 2.75. The molecule has 5 nitrogen and oxygen atoms in total. The summed E-state index contributed by atoms with van der Waals surface area (Å²) in [4.78, 5) is 11.5. The molecule has 1 aromatic heterocycles. The number of carbonyl (C=O) groups excluding carboxylic acids is 1. The minimum absolute atomic E-state index is 0.132. The molecule has 3 N–H and O–H groups in total. The Balaban J connectivity index is 2.03. The number of aromatic amines is 1. The van der Waals surface area contributed by atoms with Crippen molar-refractivity contribution < 1.29 is 9.18 Å². The number of hydrogen-bond donors (Lipinski definition) is 3. The zero-order chi connectivity index (χ0) is 12.3. The van der Waals surface area contributed by atoms with E-state index in [2.05, 4.69) is 20.8 Å².